The fourth-order valence-electron chi connectivity index (χ4n) is 3.02. The van der Waals surface area contributed by atoms with Crippen LogP contribution in [0.15, 0.2) is 71.6 Å². The number of halogens is 2. The third kappa shape index (κ3) is 7.20. The molecule has 3 aromatic rings. The minimum atomic E-state index is -3.67. The Morgan fingerprint density at radius 3 is 2.31 bits per heavy atom. The average molecular weight is 481 g/mol. The van der Waals surface area contributed by atoms with E-state index in [1.165, 1.54) is 18.2 Å². The van der Waals surface area contributed by atoms with Crippen molar-refractivity contribution in [2.24, 2.45) is 5.14 Å². The van der Waals surface area contributed by atoms with Crippen molar-refractivity contribution in [3.8, 4) is 11.5 Å². The summed E-state index contributed by atoms with van der Waals surface area (Å²) in [6, 6.07) is 18.6. The van der Waals surface area contributed by atoms with Crippen LogP contribution in [0.5, 0.6) is 11.5 Å². The number of benzene rings is 3. The number of nitrogens with two attached hydrogens (primary N) is 1. The summed E-state index contributed by atoms with van der Waals surface area (Å²) >= 11 is 0. The van der Waals surface area contributed by atoms with Crippen LogP contribution in [-0.2, 0) is 29.6 Å². The van der Waals surface area contributed by atoms with Crippen molar-refractivity contribution in [1.82, 2.24) is 5.32 Å². The summed E-state index contributed by atoms with van der Waals surface area (Å²) in [6.07, 6.45) is 0.742. The maximum Gasteiger partial charge on any atom is 0.238 e. The fraction of sp³-hybridized carbons (Fsp3) is 0.217. The van der Waals surface area contributed by atoms with Gasteiger partial charge in [-0.1, -0.05) is 36.4 Å². The Kier molecular flexibility index (Phi) is 9.46. The first-order valence-corrected chi connectivity index (χ1v) is 11.3. The Labute approximate surface area is 194 Å². The predicted molar refractivity (Wildman–Crippen MR) is 124 cm³/mol. The Balaban J connectivity index is 0.00000363. The van der Waals surface area contributed by atoms with E-state index in [-0.39, 0.29) is 29.7 Å². The van der Waals surface area contributed by atoms with Gasteiger partial charge in [0.2, 0.25) is 10.0 Å². The zero-order valence-electron chi connectivity index (χ0n) is 17.6. The molecule has 0 aromatic heterocycles. The molecule has 0 unspecified atom stereocenters. The molecule has 172 valence electrons. The third-order valence-electron chi connectivity index (χ3n) is 4.74. The average Bonchev–Trinajstić information content (AvgIpc) is 2.76. The lowest BCUT2D eigenvalue weighted by atomic mass is 10.1. The van der Waals surface area contributed by atoms with E-state index < -0.39 is 10.0 Å². The van der Waals surface area contributed by atoms with Crippen LogP contribution in [0.25, 0.3) is 0 Å². The van der Waals surface area contributed by atoms with Gasteiger partial charge < -0.3 is 14.8 Å². The van der Waals surface area contributed by atoms with Crippen LogP contribution in [0.2, 0.25) is 0 Å². The lowest BCUT2D eigenvalue weighted by Crippen LogP contribution is -2.17. The molecule has 0 aliphatic rings. The minimum absolute atomic E-state index is 0. The van der Waals surface area contributed by atoms with E-state index in [0.29, 0.717) is 30.2 Å². The molecule has 32 heavy (non-hydrogen) atoms. The highest BCUT2D eigenvalue weighted by molar-refractivity contribution is 7.89. The van der Waals surface area contributed by atoms with Crippen molar-refractivity contribution in [1.29, 1.82) is 0 Å². The molecule has 0 aliphatic heterocycles. The summed E-state index contributed by atoms with van der Waals surface area (Å²) in [5, 5.41) is 8.45. The Hall–Kier alpha value is -2.65. The molecule has 3 N–H and O–H groups in total. The van der Waals surface area contributed by atoms with Gasteiger partial charge >= 0.3 is 0 Å². The summed E-state index contributed by atoms with van der Waals surface area (Å²) in [7, 11) is -2.11. The van der Waals surface area contributed by atoms with E-state index in [4.69, 9.17) is 14.6 Å². The normalized spacial score (nSPS) is 11.0. The minimum Gasteiger partial charge on any atom is -0.493 e. The van der Waals surface area contributed by atoms with E-state index in [1.54, 1.807) is 37.4 Å². The third-order valence-corrected chi connectivity index (χ3v) is 5.67. The molecule has 3 rings (SSSR count). The maximum absolute atomic E-state index is 13.8. The molecule has 6 nitrogen and oxygen atoms in total. The highest BCUT2D eigenvalue weighted by atomic mass is 35.5. The Morgan fingerprint density at radius 2 is 1.66 bits per heavy atom. The zero-order chi connectivity index (χ0) is 22.3. The molecule has 0 heterocycles. The highest BCUT2D eigenvalue weighted by Crippen LogP contribution is 2.29. The molecule has 0 bridgehead atoms. The van der Waals surface area contributed by atoms with Crippen molar-refractivity contribution < 1.29 is 22.3 Å². The van der Waals surface area contributed by atoms with Gasteiger partial charge in [-0.3, -0.25) is 0 Å². The zero-order valence-corrected chi connectivity index (χ0v) is 19.2. The lowest BCUT2D eigenvalue weighted by Gasteiger charge is -2.13. The van der Waals surface area contributed by atoms with E-state index in [0.717, 1.165) is 17.5 Å². The number of hydrogen-bond acceptors (Lipinski definition) is 5. The first-order chi connectivity index (χ1) is 14.9. The summed E-state index contributed by atoms with van der Waals surface area (Å²) in [5.74, 6) is 0.820. The number of sulfonamides is 1. The van der Waals surface area contributed by atoms with Gasteiger partial charge in [-0.15, -0.1) is 12.4 Å². The van der Waals surface area contributed by atoms with Gasteiger partial charge in [0.1, 0.15) is 12.4 Å². The van der Waals surface area contributed by atoms with Crippen LogP contribution >= 0.6 is 12.4 Å². The molecular formula is C23H26ClFN2O4S. The number of hydrogen-bond donors (Lipinski definition) is 2. The fourth-order valence-corrected chi connectivity index (χ4v) is 3.54. The molecular weight excluding hydrogens is 455 g/mol. The second-order valence-electron chi connectivity index (χ2n) is 6.98. The maximum atomic E-state index is 13.8. The van der Waals surface area contributed by atoms with Gasteiger partial charge in [0, 0.05) is 12.1 Å². The SMILES string of the molecule is COc1cc(CNCCc2ccc(S(N)(=O)=O)cc2)ccc1OCc1ccccc1F.Cl. The van der Waals surface area contributed by atoms with Gasteiger partial charge in [-0.05, 0) is 54.4 Å². The van der Waals surface area contributed by atoms with Gasteiger partial charge in [0.25, 0.3) is 0 Å². The first-order valence-electron chi connectivity index (χ1n) is 9.72. The molecule has 0 saturated carbocycles. The van der Waals surface area contributed by atoms with Crippen LogP contribution in [-0.4, -0.2) is 22.1 Å². The molecule has 3 aromatic carbocycles. The highest BCUT2D eigenvalue weighted by Gasteiger charge is 2.09. The standard InChI is InChI=1S/C23H25FN2O4S.ClH/c1-29-23-14-18(8-11-22(23)30-16-19-4-2-3-5-21(19)24)15-26-13-12-17-6-9-20(10-7-17)31(25,27)28;/h2-11,14,26H,12-13,15-16H2,1H3,(H2,25,27,28);1H. The van der Waals surface area contributed by atoms with Crippen LogP contribution < -0.4 is 19.9 Å². The molecule has 0 fully saturated rings. The van der Waals surface area contributed by atoms with Gasteiger partial charge in [-0.25, -0.2) is 17.9 Å². The van der Waals surface area contributed by atoms with Crippen LogP contribution in [0.1, 0.15) is 16.7 Å². The van der Waals surface area contributed by atoms with Crippen LogP contribution in [0.3, 0.4) is 0 Å². The number of rotatable bonds is 10. The van der Waals surface area contributed by atoms with Crippen molar-refractivity contribution in [3.63, 3.8) is 0 Å². The smallest absolute Gasteiger partial charge is 0.238 e. The van der Waals surface area contributed by atoms with Gasteiger partial charge in [-0.2, -0.15) is 0 Å². The molecule has 0 aliphatic carbocycles. The van der Waals surface area contributed by atoms with Crippen molar-refractivity contribution in [2.45, 2.75) is 24.5 Å². The van der Waals surface area contributed by atoms with Crippen LogP contribution in [0.4, 0.5) is 4.39 Å². The first kappa shape index (κ1) is 25.6. The predicted octanol–water partition coefficient (Wildman–Crippen LogP) is 3.81. The van der Waals surface area contributed by atoms with E-state index in [1.807, 2.05) is 18.2 Å². The number of methoxy groups -OCH3 is 1. The number of nitrogens with one attached hydrogen (secondary N) is 1. The summed E-state index contributed by atoms with van der Waals surface area (Å²) in [6.45, 7) is 1.45. The molecule has 9 heteroatoms. The quantitative estimate of drug-likeness (QED) is 0.430. The number of ether oxygens (including phenoxy) is 2. The molecule has 0 amide bonds. The summed E-state index contributed by atoms with van der Waals surface area (Å²) in [4.78, 5) is 0.105. The molecule has 0 radical (unpaired) electrons. The van der Waals surface area contributed by atoms with E-state index in [9.17, 15) is 12.8 Å². The van der Waals surface area contributed by atoms with Gasteiger partial charge in [0.05, 0.1) is 12.0 Å². The van der Waals surface area contributed by atoms with Crippen molar-refractivity contribution in [3.05, 3.63) is 89.2 Å². The molecule has 0 saturated heterocycles. The largest absolute Gasteiger partial charge is 0.493 e. The van der Waals surface area contributed by atoms with Crippen molar-refractivity contribution in [2.75, 3.05) is 13.7 Å². The van der Waals surface area contributed by atoms with E-state index in [2.05, 4.69) is 5.32 Å². The Morgan fingerprint density at radius 1 is 0.969 bits per heavy atom. The molecule has 0 atom stereocenters. The second-order valence-corrected chi connectivity index (χ2v) is 8.54. The summed E-state index contributed by atoms with van der Waals surface area (Å²) < 4.78 is 47.5. The lowest BCUT2D eigenvalue weighted by molar-refractivity contribution is 0.279. The monoisotopic (exact) mass is 480 g/mol. The molecule has 0 spiro atoms. The van der Waals surface area contributed by atoms with Crippen molar-refractivity contribution >= 4 is 22.4 Å². The van der Waals surface area contributed by atoms with Crippen LogP contribution in [0, 0.1) is 5.82 Å². The summed E-state index contributed by atoms with van der Waals surface area (Å²) in [5.41, 5.74) is 2.50. The topological polar surface area (TPSA) is 90.6 Å². The van der Waals surface area contributed by atoms with E-state index >= 15 is 0 Å². The Bertz CT molecular complexity index is 1130. The number of primary sulfonamides is 1. The second kappa shape index (κ2) is 11.8. The van der Waals surface area contributed by atoms with Gasteiger partial charge in [0.15, 0.2) is 11.5 Å².